The molecule has 7 nitrogen and oxygen atoms in total. The van der Waals surface area contributed by atoms with Crippen LogP contribution in [-0.2, 0) is 6.54 Å². The third-order valence-corrected chi connectivity index (χ3v) is 5.09. The van der Waals surface area contributed by atoms with E-state index in [1.165, 1.54) is 12.1 Å². The SMILES string of the molecule is Nc1cccc(C(=O)NCc2ccc(F)cc2)c1NCNC(=O)c1cc2ccccc2cn1. The summed E-state index contributed by atoms with van der Waals surface area (Å²) in [5, 5.41) is 10.4. The first kappa shape index (κ1) is 21.8. The van der Waals surface area contributed by atoms with E-state index in [2.05, 4.69) is 20.9 Å². The van der Waals surface area contributed by atoms with Gasteiger partial charge in [0.05, 0.1) is 23.6 Å². The van der Waals surface area contributed by atoms with E-state index in [1.54, 1.807) is 42.6 Å². The molecule has 1 heterocycles. The van der Waals surface area contributed by atoms with Crippen molar-refractivity contribution in [3.63, 3.8) is 0 Å². The van der Waals surface area contributed by atoms with E-state index in [9.17, 15) is 14.0 Å². The third-order valence-electron chi connectivity index (χ3n) is 5.09. The van der Waals surface area contributed by atoms with Crippen LogP contribution in [0.1, 0.15) is 26.4 Å². The Hall–Kier alpha value is -4.46. The number of nitrogens with two attached hydrogens (primary N) is 1. The number of aromatic nitrogens is 1. The van der Waals surface area contributed by atoms with Gasteiger partial charge in [0.1, 0.15) is 11.5 Å². The smallest absolute Gasteiger partial charge is 0.271 e. The number of fused-ring (bicyclic) bond motifs is 1. The lowest BCUT2D eigenvalue weighted by atomic mass is 10.1. The highest BCUT2D eigenvalue weighted by atomic mass is 19.1. The predicted molar refractivity (Wildman–Crippen MR) is 126 cm³/mol. The molecule has 4 aromatic rings. The van der Waals surface area contributed by atoms with E-state index in [0.29, 0.717) is 16.9 Å². The molecule has 0 unspecified atom stereocenters. The first-order valence-corrected chi connectivity index (χ1v) is 10.3. The van der Waals surface area contributed by atoms with Crippen molar-refractivity contribution in [2.75, 3.05) is 17.7 Å². The summed E-state index contributed by atoms with van der Waals surface area (Å²) >= 11 is 0. The molecule has 0 saturated heterocycles. The van der Waals surface area contributed by atoms with Crippen LogP contribution in [0.25, 0.3) is 10.8 Å². The highest BCUT2D eigenvalue weighted by Gasteiger charge is 2.14. The van der Waals surface area contributed by atoms with E-state index in [1.807, 2.05) is 24.3 Å². The van der Waals surface area contributed by atoms with Crippen LogP contribution in [0.4, 0.5) is 15.8 Å². The van der Waals surface area contributed by atoms with Crippen LogP contribution < -0.4 is 21.7 Å². The van der Waals surface area contributed by atoms with Crippen molar-refractivity contribution in [2.45, 2.75) is 6.54 Å². The van der Waals surface area contributed by atoms with Gasteiger partial charge in [-0.1, -0.05) is 42.5 Å². The molecule has 33 heavy (non-hydrogen) atoms. The maximum atomic E-state index is 13.1. The molecule has 0 aliphatic rings. The molecule has 2 amide bonds. The molecule has 0 fully saturated rings. The largest absolute Gasteiger partial charge is 0.397 e. The lowest BCUT2D eigenvalue weighted by Gasteiger charge is -2.15. The maximum absolute atomic E-state index is 13.1. The van der Waals surface area contributed by atoms with Crippen molar-refractivity contribution in [3.05, 3.63) is 102 Å². The second kappa shape index (κ2) is 9.78. The van der Waals surface area contributed by atoms with Gasteiger partial charge in [0.25, 0.3) is 11.8 Å². The van der Waals surface area contributed by atoms with Gasteiger partial charge < -0.3 is 21.7 Å². The molecule has 0 radical (unpaired) electrons. The molecule has 0 spiro atoms. The summed E-state index contributed by atoms with van der Waals surface area (Å²) in [7, 11) is 0. The zero-order valence-electron chi connectivity index (χ0n) is 17.6. The van der Waals surface area contributed by atoms with E-state index < -0.39 is 0 Å². The number of carbonyl (C=O) groups excluding carboxylic acids is 2. The fourth-order valence-electron chi connectivity index (χ4n) is 3.35. The molecular formula is C25H22FN5O2. The van der Waals surface area contributed by atoms with Crippen molar-refractivity contribution in [3.8, 4) is 0 Å². The Labute approximate surface area is 189 Å². The van der Waals surface area contributed by atoms with Crippen LogP contribution in [0.15, 0.2) is 79.0 Å². The second-order valence-corrected chi connectivity index (χ2v) is 7.36. The van der Waals surface area contributed by atoms with Crippen molar-refractivity contribution < 1.29 is 14.0 Å². The van der Waals surface area contributed by atoms with Crippen LogP contribution in [-0.4, -0.2) is 23.5 Å². The van der Waals surface area contributed by atoms with Crippen molar-refractivity contribution >= 4 is 34.0 Å². The number of hydrogen-bond donors (Lipinski definition) is 4. The standard InChI is InChI=1S/C25H22FN5O2/c26-19-10-8-16(9-11-19)13-29-24(32)20-6-3-7-21(27)23(20)30-15-31-25(33)22-12-17-4-1-2-5-18(17)14-28-22/h1-12,14,30H,13,15,27H2,(H,29,32)(H,31,33). The van der Waals surface area contributed by atoms with E-state index in [4.69, 9.17) is 5.73 Å². The number of pyridine rings is 1. The maximum Gasteiger partial charge on any atom is 0.271 e. The molecule has 0 bridgehead atoms. The molecule has 0 aliphatic heterocycles. The molecule has 0 atom stereocenters. The first-order chi connectivity index (χ1) is 16.0. The van der Waals surface area contributed by atoms with Gasteiger partial charge in [0.2, 0.25) is 0 Å². The minimum atomic E-state index is -0.356. The fourth-order valence-corrected chi connectivity index (χ4v) is 3.35. The van der Waals surface area contributed by atoms with Gasteiger partial charge in [-0.15, -0.1) is 0 Å². The lowest BCUT2D eigenvalue weighted by molar-refractivity contribution is 0.0946. The molecule has 0 saturated carbocycles. The minimum Gasteiger partial charge on any atom is -0.397 e. The van der Waals surface area contributed by atoms with Crippen LogP contribution in [0.5, 0.6) is 0 Å². The zero-order valence-corrected chi connectivity index (χ0v) is 17.6. The summed E-state index contributed by atoms with van der Waals surface area (Å²) < 4.78 is 13.1. The van der Waals surface area contributed by atoms with E-state index in [0.717, 1.165) is 16.3 Å². The monoisotopic (exact) mass is 443 g/mol. The molecule has 4 rings (SSSR count). The Balaban J connectivity index is 1.39. The van der Waals surface area contributed by atoms with Crippen LogP contribution in [0.3, 0.4) is 0 Å². The number of amides is 2. The van der Waals surface area contributed by atoms with Gasteiger partial charge in [0.15, 0.2) is 0 Å². The molecule has 5 N–H and O–H groups in total. The van der Waals surface area contributed by atoms with E-state index >= 15 is 0 Å². The molecule has 1 aromatic heterocycles. The summed E-state index contributed by atoms with van der Waals surface area (Å²) in [6, 6.07) is 20.2. The number of hydrogen-bond acceptors (Lipinski definition) is 5. The Kier molecular flexibility index (Phi) is 6.45. The first-order valence-electron chi connectivity index (χ1n) is 10.3. The van der Waals surface area contributed by atoms with Gasteiger partial charge in [-0.25, -0.2) is 4.39 Å². The number of carbonyl (C=O) groups is 2. The number of rotatable bonds is 7. The average molecular weight is 443 g/mol. The summed E-state index contributed by atoms with van der Waals surface area (Å²) in [5.41, 5.74) is 8.21. The van der Waals surface area contributed by atoms with E-state index in [-0.39, 0.29) is 36.5 Å². The van der Waals surface area contributed by atoms with Gasteiger partial charge >= 0.3 is 0 Å². The van der Waals surface area contributed by atoms with Gasteiger partial charge in [-0.05, 0) is 41.3 Å². The minimum absolute atomic E-state index is 0.0415. The third kappa shape index (κ3) is 5.24. The van der Waals surface area contributed by atoms with Crippen LogP contribution in [0.2, 0.25) is 0 Å². The number of nitrogens with zero attached hydrogens (tertiary/aromatic N) is 1. The zero-order chi connectivity index (χ0) is 23.2. The average Bonchev–Trinajstić information content (AvgIpc) is 2.84. The lowest BCUT2D eigenvalue weighted by Crippen LogP contribution is -2.31. The summed E-state index contributed by atoms with van der Waals surface area (Å²) in [6.45, 7) is 0.275. The number of anilines is 2. The van der Waals surface area contributed by atoms with Crippen LogP contribution in [0, 0.1) is 5.82 Å². The number of nitrogens with one attached hydrogen (secondary N) is 3. The summed E-state index contributed by atoms with van der Waals surface area (Å²) in [5.74, 6) is -1.05. The quantitative estimate of drug-likeness (QED) is 0.257. The van der Waals surface area contributed by atoms with Crippen molar-refractivity contribution in [1.82, 2.24) is 15.6 Å². The number of para-hydroxylation sites is 1. The fraction of sp³-hybridized carbons (Fsp3) is 0.0800. The van der Waals surface area contributed by atoms with Gasteiger partial charge in [-0.2, -0.15) is 0 Å². The van der Waals surface area contributed by atoms with Gasteiger partial charge in [0, 0.05) is 18.1 Å². The molecule has 8 heteroatoms. The van der Waals surface area contributed by atoms with Crippen molar-refractivity contribution in [1.29, 1.82) is 0 Å². The Morgan fingerprint density at radius 2 is 1.64 bits per heavy atom. The number of benzene rings is 3. The molecule has 0 aliphatic carbocycles. The second-order valence-electron chi connectivity index (χ2n) is 7.36. The Morgan fingerprint density at radius 3 is 2.42 bits per heavy atom. The normalized spacial score (nSPS) is 10.6. The summed E-state index contributed by atoms with van der Waals surface area (Å²) in [6.07, 6.45) is 1.65. The number of halogens is 1. The Morgan fingerprint density at radius 1 is 0.879 bits per heavy atom. The van der Waals surface area contributed by atoms with Crippen molar-refractivity contribution in [2.24, 2.45) is 0 Å². The van der Waals surface area contributed by atoms with Crippen LogP contribution >= 0.6 is 0 Å². The molecule has 166 valence electrons. The predicted octanol–water partition coefficient (Wildman–Crippen LogP) is 3.69. The van der Waals surface area contributed by atoms with Gasteiger partial charge in [-0.3, -0.25) is 14.6 Å². The highest BCUT2D eigenvalue weighted by molar-refractivity contribution is 6.02. The summed E-state index contributed by atoms with van der Waals surface area (Å²) in [4.78, 5) is 29.4. The highest BCUT2D eigenvalue weighted by Crippen LogP contribution is 2.23. The Bertz CT molecular complexity index is 1310. The number of nitrogen functional groups attached to an aromatic ring is 1. The molecular weight excluding hydrogens is 421 g/mol. The molecule has 3 aromatic carbocycles. The topological polar surface area (TPSA) is 109 Å².